The first-order chi connectivity index (χ1) is 13.3. The monoisotopic (exact) mass is 422 g/mol. The van der Waals surface area contributed by atoms with E-state index in [1.165, 1.54) is 13.1 Å². The number of hydrogen-bond acceptors (Lipinski definition) is 9. The Bertz CT molecular complexity index is 1060. The van der Waals surface area contributed by atoms with Crippen LogP contribution in [0, 0.1) is 6.92 Å². The molecule has 0 aliphatic rings. The van der Waals surface area contributed by atoms with Crippen molar-refractivity contribution >= 4 is 38.2 Å². The van der Waals surface area contributed by atoms with Crippen LogP contribution in [0.15, 0.2) is 34.8 Å². The van der Waals surface area contributed by atoms with Crippen LogP contribution in [-0.2, 0) is 14.8 Å². The number of hydrogen-bond donors (Lipinski definition) is 3. The lowest BCUT2D eigenvalue weighted by molar-refractivity contribution is -0.114. The molecule has 0 saturated heterocycles. The number of carbonyl (C=O) groups excluding carboxylic acids is 1. The molecular formula is C15H18N8O3S2. The van der Waals surface area contributed by atoms with Crippen LogP contribution in [0.1, 0.15) is 12.6 Å². The first-order valence-corrected chi connectivity index (χ1v) is 10.5. The van der Waals surface area contributed by atoms with Crippen LogP contribution in [0.3, 0.4) is 0 Å². The molecule has 0 unspecified atom stereocenters. The van der Waals surface area contributed by atoms with Gasteiger partial charge in [0.1, 0.15) is 5.82 Å². The third-order valence-electron chi connectivity index (χ3n) is 3.36. The Hall–Kier alpha value is -2.90. The van der Waals surface area contributed by atoms with Gasteiger partial charge >= 0.3 is 0 Å². The molecule has 11 nitrogen and oxygen atoms in total. The van der Waals surface area contributed by atoms with E-state index in [0.29, 0.717) is 18.2 Å². The number of sulfonamides is 1. The van der Waals surface area contributed by atoms with E-state index in [1.54, 1.807) is 23.0 Å². The predicted molar refractivity (Wildman–Crippen MR) is 104 cm³/mol. The SMILES string of the molecule is CC(=O)Nc1ncc(S(=O)(=O)NCCNc2ccc(-n3ccc(C)n3)nn2)s1. The molecule has 0 spiro atoms. The summed E-state index contributed by atoms with van der Waals surface area (Å²) >= 11 is 0.879. The van der Waals surface area contributed by atoms with Gasteiger partial charge in [0.15, 0.2) is 15.2 Å². The van der Waals surface area contributed by atoms with Crippen LogP contribution in [0.2, 0.25) is 0 Å². The van der Waals surface area contributed by atoms with Gasteiger partial charge in [-0.1, -0.05) is 11.3 Å². The molecule has 0 aromatic carbocycles. The Morgan fingerprint density at radius 3 is 2.68 bits per heavy atom. The predicted octanol–water partition coefficient (Wildman–Crippen LogP) is 0.776. The van der Waals surface area contributed by atoms with E-state index < -0.39 is 10.0 Å². The van der Waals surface area contributed by atoms with Crippen molar-refractivity contribution in [1.29, 1.82) is 0 Å². The van der Waals surface area contributed by atoms with Crippen LogP contribution in [-0.4, -0.2) is 52.4 Å². The molecular weight excluding hydrogens is 404 g/mol. The lowest BCUT2D eigenvalue weighted by atomic mass is 10.5. The van der Waals surface area contributed by atoms with Crippen molar-refractivity contribution in [2.45, 2.75) is 18.1 Å². The van der Waals surface area contributed by atoms with Gasteiger partial charge in [0.05, 0.1) is 11.9 Å². The maximum atomic E-state index is 12.2. The van der Waals surface area contributed by atoms with Gasteiger partial charge in [-0.15, -0.1) is 10.2 Å². The summed E-state index contributed by atoms with van der Waals surface area (Å²) in [6, 6.07) is 5.35. The van der Waals surface area contributed by atoms with Crippen LogP contribution >= 0.6 is 11.3 Å². The summed E-state index contributed by atoms with van der Waals surface area (Å²) in [6.45, 7) is 3.65. The zero-order chi connectivity index (χ0) is 20.1. The molecule has 0 bridgehead atoms. The average molecular weight is 422 g/mol. The molecule has 0 fully saturated rings. The van der Waals surface area contributed by atoms with Crippen molar-refractivity contribution in [3.05, 3.63) is 36.3 Å². The topological polar surface area (TPSA) is 144 Å². The molecule has 3 rings (SSSR count). The summed E-state index contributed by atoms with van der Waals surface area (Å²) in [6.07, 6.45) is 2.99. The summed E-state index contributed by atoms with van der Waals surface area (Å²) in [5, 5.41) is 18.0. The molecule has 0 aliphatic heterocycles. The zero-order valence-corrected chi connectivity index (χ0v) is 16.7. The van der Waals surface area contributed by atoms with Gasteiger partial charge in [0.25, 0.3) is 10.0 Å². The smallest absolute Gasteiger partial charge is 0.251 e. The number of thiazole rings is 1. The number of nitrogens with zero attached hydrogens (tertiary/aromatic N) is 5. The second kappa shape index (κ2) is 8.41. The van der Waals surface area contributed by atoms with Crippen molar-refractivity contribution in [1.82, 2.24) is 29.7 Å². The molecule has 28 heavy (non-hydrogen) atoms. The molecule has 3 aromatic rings. The van der Waals surface area contributed by atoms with Gasteiger partial charge in [0.2, 0.25) is 5.91 Å². The van der Waals surface area contributed by atoms with Crippen molar-refractivity contribution in [2.24, 2.45) is 0 Å². The van der Waals surface area contributed by atoms with Crippen molar-refractivity contribution in [3.63, 3.8) is 0 Å². The Labute approximate surface area is 165 Å². The van der Waals surface area contributed by atoms with Gasteiger partial charge in [-0.05, 0) is 25.1 Å². The summed E-state index contributed by atoms with van der Waals surface area (Å²) in [7, 11) is -3.70. The van der Waals surface area contributed by atoms with Crippen molar-refractivity contribution in [3.8, 4) is 5.82 Å². The fourth-order valence-electron chi connectivity index (χ4n) is 2.12. The standard InChI is InChI=1S/C15H18N8O3S2/c1-10-5-8-23(22-10)13-4-3-12(20-21-13)16-6-7-18-28(25,26)14-9-17-15(27-14)19-11(2)24/h3-5,8-9,18H,6-7H2,1-2H3,(H,16,20)(H,17,19,24). The van der Waals surface area contributed by atoms with Crippen molar-refractivity contribution < 1.29 is 13.2 Å². The molecule has 3 heterocycles. The van der Waals surface area contributed by atoms with E-state index in [-0.39, 0.29) is 21.8 Å². The van der Waals surface area contributed by atoms with Crippen molar-refractivity contribution in [2.75, 3.05) is 23.7 Å². The minimum absolute atomic E-state index is 0.0231. The van der Waals surface area contributed by atoms with E-state index in [4.69, 9.17) is 0 Å². The number of aryl methyl sites for hydroxylation is 1. The number of carbonyl (C=O) groups is 1. The Morgan fingerprint density at radius 1 is 1.21 bits per heavy atom. The van der Waals surface area contributed by atoms with E-state index in [9.17, 15) is 13.2 Å². The highest BCUT2D eigenvalue weighted by Gasteiger charge is 2.17. The summed E-state index contributed by atoms with van der Waals surface area (Å²) in [4.78, 5) is 14.8. The molecule has 148 valence electrons. The number of nitrogens with one attached hydrogen (secondary N) is 3. The lowest BCUT2D eigenvalue weighted by Crippen LogP contribution is -2.28. The second-order valence-electron chi connectivity index (χ2n) is 5.67. The molecule has 0 aliphatic carbocycles. The molecule has 1 amide bonds. The number of anilines is 2. The molecule has 13 heteroatoms. The summed E-state index contributed by atoms with van der Waals surface area (Å²) < 4.78 is 28.6. The normalized spacial score (nSPS) is 11.4. The highest BCUT2D eigenvalue weighted by Crippen LogP contribution is 2.22. The number of amides is 1. The first-order valence-electron chi connectivity index (χ1n) is 8.17. The third-order valence-corrected chi connectivity index (χ3v) is 6.20. The summed E-state index contributed by atoms with van der Waals surface area (Å²) in [5.74, 6) is 0.780. The maximum Gasteiger partial charge on any atom is 0.251 e. The fraction of sp³-hybridized carbons (Fsp3) is 0.267. The van der Waals surface area contributed by atoms with E-state index in [0.717, 1.165) is 17.0 Å². The van der Waals surface area contributed by atoms with Crippen LogP contribution in [0.25, 0.3) is 5.82 Å². The summed E-state index contributed by atoms with van der Waals surface area (Å²) in [5.41, 5.74) is 0.876. The molecule has 0 radical (unpaired) electrons. The lowest BCUT2D eigenvalue weighted by Gasteiger charge is -2.07. The third kappa shape index (κ3) is 5.09. The zero-order valence-electron chi connectivity index (χ0n) is 15.1. The highest BCUT2D eigenvalue weighted by molar-refractivity contribution is 7.91. The molecule has 3 N–H and O–H groups in total. The van der Waals surface area contributed by atoms with Crippen LogP contribution in [0.4, 0.5) is 10.9 Å². The quantitative estimate of drug-likeness (QED) is 0.452. The Balaban J connectivity index is 1.49. The van der Waals surface area contributed by atoms with Crippen LogP contribution in [0.5, 0.6) is 0 Å². The van der Waals surface area contributed by atoms with Gasteiger partial charge < -0.3 is 10.6 Å². The average Bonchev–Trinajstić information content (AvgIpc) is 3.28. The largest absolute Gasteiger partial charge is 0.367 e. The second-order valence-corrected chi connectivity index (χ2v) is 8.69. The first kappa shape index (κ1) is 19.9. The van der Waals surface area contributed by atoms with E-state index >= 15 is 0 Å². The van der Waals surface area contributed by atoms with E-state index in [1.807, 2.05) is 13.0 Å². The van der Waals surface area contributed by atoms with Gasteiger partial charge in [-0.3, -0.25) is 4.79 Å². The number of rotatable bonds is 8. The Kier molecular flexibility index (Phi) is 5.96. The van der Waals surface area contributed by atoms with E-state index in [2.05, 4.69) is 35.6 Å². The minimum atomic E-state index is -3.70. The molecule has 0 atom stereocenters. The molecule has 3 aromatic heterocycles. The maximum absolute atomic E-state index is 12.2. The number of aromatic nitrogens is 5. The fourth-order valence-corrected chi connectivity index (χ4v) is 4.28. The van der Waals surface area contributed by atoms with Crippen LogP contribution < -0.4 is 15.4 Å². The minimum Gasteiger partial charge on any atom is -0.367 e. The molecule has 0 saturated carbocycles. The van der Waals surface area contributed by atoms with Gasteiger partial charge in [-0.25, -0.2) is 22.8 Å². The van der Waals surface area contributed by atoms with Gasteiger partial charge in [-0.2, -0.15) is 5.10 Å². The Morgan fingerprint density at radius 2 is 2.04 bits per heavy atom. The highest BCUT2D eigenvalue weighted by atomic mass is 32.2. The van der Waals surface area contributed by atoms with Gasteiger partial charge in [0, 0.05) is 26.2 Å².